The molecule has 8 heteroatoms. The van der Waals surface area contributed by atoms with Crippen molar-refractivity contribution in [1.29, 1.82) is 0 Å². The van der Waals surface area contributed by atoms with E-state index in [-0.39, 0.29) is 23.7 Å². The third kappa shape index (κ3) is 4.57. The first-order valence-corrected chi connectivity index (χ1v) is 7.99. The summed E-state index contributed by atoms with van der Waals surface area (Å²) >= 11 is 0. The van der Waals surface area contributed by atoms with E-state index in [9.17, 15) is 19.7 Å². The van der Waals surface area contributed by atoms with E-state index in [1.54, 1.807) is 36.4 Å². The first-order valence-electron chi connectivity index (χ1n) is 7.99. The smallest absolute Gasteiger partial charge is 0.270 e. The van der Waals surface area contributed by atoms with Crippen LogP contribution in [0.4, 0.5) is 11.4 Å². The Labute approximate surface area is 154 Å². The zero-order valence-electron chi connectivity index (χ0n) is 14.0. The van der Waals surface area contributed by atoms with Gasteiger partial charge in [-0.3, -0.25) is 19.7 Å². The molecule has 1 aromatic heterocycles. The number of benzene rings is 2. The van der Waals surface area contributed by atoms with Gasteiger partial charge in [-0.1, -0.05) is 6.07 Å². The number of hydrogen-bond donors (Lipinski definition) is 2. The Bertz CT molecular complexity index is 965. The van der Waals surface area contributed by atoms with E-state index in [1.165, 1.54) is 30.5 Å². The molecule has 0 atom stereocenters. The molecule has 3 aromatic rings. The lowest BCUT2D eigenvalue weighted by Gasteiger charge is -2.07. The summed E-state index contributed by atoms with van der Waals surface area (Å²) in [5, 5.41) is 16.2. The topological polar surface area (TPSA) is 114 Å². The molecule has 2 aromatic carbocycles. The fourth-order valence-electron chi connectivity index (χ4n) is 2.35. The van der Waals surface area contributed by atoms with E-state index in [2.05, 4.69) is 10.6 Å². The van der Waals surface area contributed by atoms with Gasteiger partial charge >= 0.3 is 0 Å². The lowest BCUT2D eigenvalue weighted by atomic mass is 10.1. The van der Waals surface area contributed by atoms with Crippen molar-refractivity contribution in [3.8, 4) is 0 Å². The monoisotopic (exact) mass is 365 g/mol. The maximum Gasteiger partial charge on any atom is 0.270 e. The van der Waals surface area contributed by atoms with Crippen LogP contribution in [0.1, 0.15) is 26.5 Å². The molecule has 2 amide bonds. The van der Waals surface area contributed by atoms with Crippen molar-refractivity contribution in [2.24, 2.45) is 0 Å². The molecule has 0 radical (unpaired) electrons. The van der Waals surface area contributed by atoms with Gasteiger partial charge in [0.2, 0.25) is 0 Å². The molecular formula is C19H15N3O5. The first kappa shape index (κ1) is 17.9. The highest BCUT2D eigenvalue weighted by Gasteiger charge is 2.12. The van der Waals surface area contributed by atoms with Crippen LogP contribution in [0.25, 0.3) is 0 Å². The number of carbonyl (C=O) groups is 2. The van der Waals surface area contributed by atoms with Gasteiger partial charge in [-0.15, -0.1) is 0 Å². The quantitative estimate of drug-likeness (QED) is 0.513. The van der Waals surface area contributed by atoms with Crippen LogP contribution in [-0.2, 0) is 6.54 Å². The van der Waals surface area contributed by atoms with E-state index < -0.39 is 10.8 Å². The summed E-state index contributed by atoms with van der Waals surface area (Å²) < 4.78 is 5.14. The van der Waals surface area contributed by atoms with E-state index in [0.717, 1.165) is 0 Å². The Balaban J connectivity index is 1.61. The molecule has 2 N–H and O–H groups in total. The van der Waals surface area contributed by atoms with Crippen molar-refractivity contribution in [1.82, 2.24) is 5.32 Å². The van der Waals surface area contributed by atoms with E-state index in [1.807, 2.05) is 0 Å². The fraction of sp³-hybridized carbons (Fsp3) is 0.0526. The van der Waals surface area contributed by atoms with Gasteiger partial charge in [0, 0.05) is 28.9 Å². The number of non-ortho nitro benzene ring substituents is 1. The number of nitrogens with zero attached hydrogens (tertiary/aromatic N) is 1. The molecule has 3 rings (SSSR count). The molecule has 8 nitrogen and oxygen atoms in total. The van der Waals surface area contributed by atoms with E-state index in [4.69, 9.17) is 4.42 Å². The third-order valence-corrected chi connectivity index (χ3v) is 3.73. The highest BCUT2D eigenvalue weighted by molar-refractivity contribution is 6.05. The number of anilines is 1. The molecule has 27 heavy (non-hydrogen) atoms. The lowest BCUT2D eigenvalue weighted by molar-refractivity contribution is -0.384. The van der Waals surface area contributed by atoms with Crippen molar-refractivity contribution in [3.63, 3.8) is 0 Å². The van der Waals surface area contributed by atoms with Gasteiger partial charge in [0.25, 0.3) is 17.5 Å². The number of hydrogen-bond acceptors (Lipinski definition) is 5. The Hall–Kier alpha value is -3.94. The molecule has 0 aliphatic heterocycles. The Kier molecular flexibility index (Phi) is 5.27. The highest BCUT2D eigenvalue weighted by Crippen LogP contribution is 2.16. The van der Waals surface area contributed by atoms with Gasteiger partial charge in [-0.05, 0) is 42.5 Å². The predicted octanol–water partition coefficient (Wildman–Crippen LogP) is 3.37. The zero-order chi connectivity index (χ0) is 19.2. The maximum absolute atomic E-state index is 12.2. The largest absolute Gasteiger partial charge is 0.467 e. The van der Waals surface area contributed by atoms with Gasteiger partial charge in [0.05, 0.1) is 17.7 Å². The lowest BCUT2D eigenvalue weighted by Crippen LogP contribution is -2.22. The Morgan fingerprint density at radius 2 is 1.74 bits per heavy atom. The number of nitrogens with one attached hydrogen (secondary N) is 2. The summed E-state index contributed by atoms with van der Waals surface area (Å²) in [6.07, 6.45) is 1.53. The number of furan rings is 1. The number of amides is 2. The van der Waals surface area contributed by atoms with Crippen molar-refractivity contribution >= 4 is 23.2 Å². The number of rotatable bonds is 6. The average Bonchev–Trinajstić information content (AvgIpc) is 3.20. The number of nitro groups is 1. The SMILES string of the molecule is O=C(NCc1ccco1)c1ccc(NC(=O)c2cccc([N+](=O)[O-])c2)cc1. The summed E-state index contributed by atoms with van der Waals surface area (Å²) in [7, 11) is 0. The molecular weight excluding hydrogens is 350 g/mol. The van der Waals surface area contributed by atoms with Crippen LogP contribution in [0, 0.1) is 10.1 Å². The number of nitro benzene ring substituents is 1. The van der Waals surface area contributed by atoms with Crippen molar-refractivity contribution < 1.29 is 18.9 Å². The van der Waals surface area contributed by atoms with Crippen LogP contribution >= 0.6 is 0 Å². The molecule has 0 saturated carbocycles. The van der Waals surface area contributed by atoms with E-state index >= 15 is 0 Å². The maximum atomic E-state index is 12.2. The van der Waals surface area contributed by atoms with Crippen LogP contribution in [0.2, 0.25) is 0 Å². The minimum atomic E-state index is -0.563. The van der Waals surface area contributed by atoms with E-state index in [0.29, 0.717) is 17.0 Å². The van der Waals surface area contributed by atoms with Gasteiger partial charge < -0.3 is 15.1 Å². The second-order valence-electron chi connectivity index (χ2n) is 5.60. The number of carbonyl (C=O) groups excluding carboxylic acids is 2. The van der Waals surface area contributed by atoms with Crippen LogP contribution in [0.5, 0.6) is 0 Å². The van der Waals surface area contributed by atoms with Gasteiger partial charge in [-0.2, -0.15) is 0 Å². The van der Waals surface area contributed by atoms with Crippen LogP contribution < -0.4 is 10.6 Å². The van der Waals surface area contributed by atoms with Crippen molar-refractivity contribution in [2.45, 2.75) is 6.54 Å². The molecule has 1 heterocycles. The van der Waals surface area contributed by atoms with Crippen LogP contribution in [0.3, 0.4) is 0 Å². The molecule has 0 saturated heterocycles. The molecule has 0 aliphatic carbocycles. The molecule has 0 aliphatic rings. The Morgan fingerprint density at radius 1 is 0.963 bits per heavy atom. The summed E-state index contributed by atoms with van der Waals surface area (Å²) in [5.41, 5.74) is 0.902. The zero-order valence-corrected chi connectivity index (χ0v) is 14.0. The average molecular weight is 365 g/mol. The summed E-state index contributed by atoms with van der Waals surface area (Å²) in [5.74, 6) is -0.110. The second kappa shape index (κ2) is 7.96. The molecule has 0 bridgehead atoms. The second-order valence-corrected chi connectivity index (χ2v) is 5.60. The summed E-state index contributed by atoms with van der Waals surface area (Å²) in [6.45, 7) is 0.275. The highest BCUT2D eigenvalue weighted by atomic mass is 16.6. The molecule has 0 unspecified atom stereocenters. The van der Waals surface area contributed by atoms with Crippen LogP contribution in [0.15, 0.2) is 71.3 Å². The van der Waals surface area contributed by atoms with Crippen molar-refractivity contribution in [2.75, 3.05) is 5.32 Å². The van der Waals surface area contributed by atoms with Crippen molar-refractivity contribution in [3.05, 3.63) is 93.9 Å². The first-order chi connectivity index (χ1) is 13.0. The third-order valence-electron chi connectivity index (χ3n) is 3.73. The molecule has 0 fully saturated rings. The predicted molar refractivity (Wildman–Crippen MR) is 97.4 cm³/mol. The standard InChI is InChI=1S/C19H15N3O5/c23-18(20-12-17-5-2-10-27-17)13-6-8-15(9-7-13)21-19(24)14-3-1-4-16(11-14)22(25)26/h1-11H,12H2,(H,20,23)(H,21,24). The molecule has 136 valence electrons. The van der Waals surface area contributed by atoms with Gasteiger partial charge in [0.1, 0.15) is 5.76 Å². The molecule has 0 spiro atoms. The normalized spacial score (nSPS) is 10.2. The Morgan fingerprint density at radius 3 is 2.41 bits per heavy atom. The van der Waals surface area contributed by atoms with Gasteiger partial charge in [0.15, 0.2) is 0 Å². The summed E-state index contributed by atoms with van der Waals surface area (Å²) in [4.78, 5) is 34.5. The van der Waals surface area contributed by atoms with Crippen LogP contribution in [-0.4, -0.2) is 16.7 Å². The fourth-order valence-corrected chi connectivity index (χ4v) is 2.35. The summed E-state index contributed by atoms with van der Waals surface area (Å²) in [6, 6.07) is 15.2. The minimum Gasteiger partial charge on any atom is -0.467 e. The minimum absolute atomic E-state index is 0.161. The van der Waals surface area contributed by atoms with Gasteiger partial charge in [-0.25, -0.2) is 0 Å².